The van der Waals surface area contributed by atoms with Crippen molar-refractivity contribution < 1.29 is 49.4 Å². The Labute approximate surface area is 485 Å². The number of unbranched alkanes of at least 4 members (excludes halogenated alkanes) is 4. The lowest BCUT2D eigenvalue weighted by Gasteiger charge is -2.46. The summed E-state index contributed by atoms with van der Waals surface area (Å²) in [5.41, 5.74) is 0. The van der Waals surface area contributed by atoms with Crippen LogP contribution in [0.4, 0.5) is 0 Å². The fraction of sp³-hybridized carbons (Fsp3) is 1.00. The molecule has 2 heterocycles. The van der Waals surface area contributed by atoms with E-state index in [1.54, 1.807) is 0 Å². The zero-order valence-electron chi connectivity index (χ0n) is 56.9. The highest BCUT2D eigenvalue weighted by atomic mass is 28.5. The summed E-state index contributed by atoms with van der Waals surface area (Å²) in [7, 11) is -26.1. The van der Waals surface area contributed by atoms with E-state index in [0.29, 0.717) is 0 Å². The molecule has 27 heteroatoms. The molecule has 0 amide bonds. The first-order valence-corrected chi connectivity index (χ1v) is 73.8. The molecule has 0 spiro atoms. The van der Waals surface area contributed by atoms with Gasteiger partial charge in [0.1, 0.15) is 0 Å². The molecular formula is C48H132O12Si15. The molecule has 2 rings (SSSR count). The van der Waals surface area contributed by atoms with E-state index in [1.165, 1.54) is 75.5 Å². The van der Waals surface area contributed by atoms with Crippen molar-refractivity contribution in [3.8, 4) is 0 Å². The van der Waals surface area contributed by atoms with Gasteiger partial charge in [-0.3, -0.25) is 0 Å². The van der Waals surface area contributed by atoms with E-state index in [0.717, 1.165) is 0 Å². The fourth-order valence-corrected chi connectivity index (χ4v) is 83.4. The Morgan fingerprint density at radius 2 is 0.400 bits per heavy atom. The van der Waals surface area contributed by atoms with Gasteiger partial charge in [0.15, 0.2) is 49.9 Å². The minimum absolute atomic E-state index is 1.26. The topological polar surface area (TPSA) is 111 Å². The van der Waals surface area contributed by atoms with Crippen LogP contribution in [0.15, 0.2) is 0 Å². The Morgan fingerprint density at radius 1 is 0.240 bits per heavy atom. The first-order chi connectivity index (χ1) is 32.7. The van der Waals surface area contributed by atoms with E-state index in [1.807, 2.05) is 0 Å². The summed E-state index contributed by atoms with van der Waals surface area (Å²) in [6.45, 7) is 79.4. The molecule has 0 aromatic rings. The van der Waals surface area contributed by atoms with Crippen LogP contribution in [0.1, 0.15) is 79.1 Å². The molecule has 456 valence electrons. The summed E-state index contributed by atoms with van der Waals surface area (Å²) in [5.74, 6) is 0. The van der Waals surface area contributed by atoms with E-state index in [2.05, 4.69) is 237 Å². The minimum Gasteiger partial charge on any atom is -0.455 e. The van der Waals surface area contributed by atoms with Crippen LogP contribution >= 0.6 is 0 Å². The molecule has 0 saturated carbocycles. The van der Waals surface area contributed by atoms with Crippen LogP contribution in [0.25, 0.3) is 0 Å². The van der Waals surface area contributed by atoms with Crippen LogP contribution in [0.2, 0.25) is 234 Å². The van der Waals surface area contributed by atoms with Crippen LogP contribution in [-0.4, -0.2) is 127 Å². The van der Waals surface area contributed by atoms with Gasteiger partial charge >= 0.3 is 77.0 Å². The highest BCUT2D eigenvalue weighted by molar-refractivity contribution is 6.94. The molecule has 2 aliphatic rings. The maximum atomic E-state index is 6.53. The van der Waals surface area contributed by atoms with Crippen molar-refractivity contribution in [1.29, 1.82) is 0 Å². The van der Waals surface area contributed by atoms with Crippen molar-refractivity contribution >= 4 is 127 Å². The molecule has 2 saturated heterocycles. The quantitative estimate of drug-likeness (QED) is 0.0858. The zero-order valence-corrected chi connectivity index (χ0v) is 71.9. The van der Waals surface area contributed by atoms with Gasteiger partial charge in [0.25, 0.3) is 0 Å². The molecule has 75 heavy (non-hydrogen) atoms. The molecule has 2 fully saturated rings. The standard InChI is InChI=1S/C14H36O2Si3.C12H30OSi2.C10H30O3Si4.2C6H18O3Si3/c1-9-11-13-17(3,4)15-19(7,8)16-18(5,6)14-12-10-2;1-7-9-11-14(3,4)13-15(5,6)12-10-8-2;1-14(2,3)11-16(7,8)13-17(9,10)12-15(4,5)6;2*1-10(2)7-11(3,4)9-12(5,6)8-10/h9-14H2,1-8H3;7-12H2,1-6H3;1-10H3;2*1-6H3. The average Bonchev–Trinajstić information content (AvgIpc) is 3.04. The maximum Gasteiger partial charge on any atom is 0.314 e. The summed E-state index contributed by atoms with van der Waals surface area (Å²) in [4.78, 5) is 0. The SMILES string of the molecule is CCCC[Si](C)(C)O[Si](C)(C)CCCC.CCCC[Si](C)(C)O[Si](C)(C)O[Si](C)(C)CCCC.C[Si](C)(C)O[Si](C)(C)O[Si](C)(C)O[Si](C)(C)C.C[Si]1(C)O[Si](C)(C)O[Si](C)(C)O1.C[Si]1(C)O[Si](C)(C)O[Si](C)(C)O1. The van der Waals surface area contributed by atoms with Gasteiger partial charge in [-0.25, -0.2) is 0 Å². The average molecular weight is 1320 g/mol. The van der Waals surface area contributed by atoms with Crippen LogP contribution in [-0.2, 0) is 49.4 Å². The van der Waals surface area contributed by atoms with Gasteiger partial charge in [-0.15, -0.1) is 0 Å². The van der Waals surface area contributed by atoms with Crippen LogP contribution in [0.3, 0.4) is 0 Å². The van der Waals surface area contributed by atoms with Gasteiger partial charge in [-0.2, -0.15) is 0 Å². The van der Waals surface area contributed by atoms with E-state index in [4.69, 9.17) is 49.4 Å². The Bertz CT molecular complexity index is 1380. The van der Waals surface area contributed by atoms with Crippen LogP contribution < -0.4 is 0 Å². The predicted octanol–water partition coefficient (Wildman–Crippen LogP) is 19.2. The second kappa shape index (κ2) is 32.3. The first kappa shape index (κ1) is 82.0. The lowest BCUT2D eigenvalue weighted by Crippen LogP contribution is -2.64. The van der Waals surface area contributed by atoms with E-state index in [-0.39, 0.29) is 0 Å². The molecule has 0 aromatic heterocycles. The molecule has 0 atom stereocenters. The summed E-state index contributed by atoms with van der Waals surface area (Å²) in [6, 6.07) is 5.21. The molecular weight excluding hydrogens is 1190 g/mol. The molecule has 0 radical (unpaired) electrons. The van der Waals surface area contributed by atoms with Crippen LogP contribution in [0.5, 0.6) is 0 Å². The van der Waals surface area contributed by atoms with Gasteiger partial charge in [0.05, 0.1) is 0 Å². The molecule has 0 bridgehead atoms. The Kier molecular flexibility index (Phi) is 35.3. The van der Waals surface area contributed by atoms with E-state index in [9.17, 15) is 0 Å². The lowest BCUT2D eigenvalue weighted by atomic mass is 10.4. The highest BCUT2D eigenvalue weighted by Gasteiger charge is 2.51. The normalized spacial score (nSPS) is 19.7. The molecule has 2 aliphatic heterocycles. The second-order valence-electron chi connectivity index (χ2n) is 29.5. The summed E-state index contributed by atoms with van der Waals surface area (Å²) < 4.78 is 73.4. The Morgan fingerprint density at radius 3 is 0.560 bits per heavy atom. The van der Waals surface area contributed by atoms with Crippen molar-refractivity contribution in [3.63, 3.8) is 0 Å². The lowest BCUT2D eigenvalue weighted by molar-refractivity contribution is 0.236. The van der Waals surface area contributed by atoms with Crippen molar-refractivity contribution in [2.75, 3.05) is 0 Å². The van der Waals surface area contributed by atoms with Gasteiger partial charge < -0.3 is 49.4 Å². The third kappa shape index (κ3) is 47.8. The second-order valence-corrected chi connectivity index (χ2v) is 89.0. The third-order valence-electron chi connectivity index (χ3n) is 10.7. The largest absolute Gasteiger partial charge is 0.455 e. The van der Waals surface area contributed by atoms with Gasteiger partial charge in [-0.1, -0.05) is 79.1 Å². The summed E-state index contributed by atoms with van der Waals surface area (Å²) >= 11 is 0. The van der Waals surface area contributed by atoms with Crippen molar-refractivity contribution in [3.05, 3.63) is 0 Å². The number of hydrogen-bond acceptors (Lipinski definition) is 12. The van der Waals surface area contributed by atoms with Gasteiger partial charge in [0, 0.05) is 0 Å². The minimum atomic E-state index is -2.05. The molecule has 0 aromatic carbocycles. The fourth-order valence-electron chi connectivity index (χ4n) is 10.5. The van der Waals surface area contributed by atoms with Crippen molar-refractivity contribution in [2.45, 2.75) is 313 Å². The monoisotopic (exact) mass is 1320 g/mol. The van der Waals surface area contributed by atoms with Gasteiger partial charge in [-0.05, 0) is 234 Å². The smallest absolute Gasteiger partial charge is 0.314 e. The van der Waals surface area contributed by atoms with E-state index < -0.39 is 127 Å². The maximum absolute atomic E-state index is 6.53. The zero-order chi connectivity index (χ0) is 60.5. The number of hydrogen-bond donors (Lipinski definition) is 0. The Balaban J connectivity index is -0.000000872. The van der Waals surface area contributed by atoms with Gasteiger partial charge in [0.2, 0.25) is 0 Å². The van der Waals surface area contributed by atoms with E-state index >= 15 is 0 Å². The van der Waals surface area contributed by atoms with Crippen molar-refractivity contribution in [2.24, 2.45) is 0 Å². The molecule has 0 N–H and O–H groups in total. The summed E-state index contributed by atoms with van der Waals surface area (Å²) in [6.07, 6.45) is 10.4. The van der Waals surface area contributed by atoms with Crippen molar-refractivity contribution in [1.82, 2.24) is 0 Å². The molecule has 0 unspecified atom stereocenters. The predicted molar refractivity (Wildman–Crippen MR) is 366 cm³/mol. The third-order valence-corrected chi connectivity index (χ3v) is 66.0. The molecule has 12 nitrogen and oxygen atoms in total. The first-order valence-electron chi connectivity index (χ1n) is 29.1. The van der Waals surface area contributed by atoms with Crippen LogP contribution in [0, 0.1) is 0 Å². The highest BCUT2D eigenvalue weighted by Crippen LogP contribution is 2.32. The summed E-state index contributed by atoms with van der Waals surface area (Å²) in [5, 5.41) is 0. The molecule has 0 aliphatic carbocycles. The number of rotatable bonds is 24. The Hall–Kier alpha value is 2.77.